The van der Waals surface area contributed by atoms with Crippen LogP contribution in [0.3, 0.4) is 0 Å². The average molecular weight is 330 g/mol. The summed E-state index contributed by atoms with van der Waals surface area (Å²) >= 11 is 3.44. The quantitative estimate of drug-likeness (QED) is 0.364. The number of anilines is 1. The molecule has 0 aliphatic heterocycles. The van der Waals surface area contributed by atoms with Crippen molar-refractivity contribution in [2.24, 2.45) is 10.9 Å². The molecule has 6 heteroatoms. The molecular weight excluding hydrogens is 310 g/mol. The summed E-state index contributed by atoms with van der Waals surface area (Å²) in [6, 6.07) is 5.93. The first-order chi connectivity index (χ1) is 9.06. The molecule has 0 bridgehead atoms. The SMILES string of the molecule is CCN(c1cccc(Br)c1/C(N)=N/O)C(C)COC. The summed E-state index contributed by atoms with van der Waals surface area (Å²) in [6.07, 6.45) is 0. The van der Waals surface area contributed by atoms with Gasteiger partial charge in [0, 0.05) is 29.9 Å². The van der Waals surface area contributed by atoms with Crippen LogP contribution in [0, 0.1) is 0 Å². The van der Waals surface area contributed by atoms with Crippen LogP contribution < -0.4 is 10.6 Å². The summed E-state index contributed by atoms with van der Waals surface area (Å²) in [6.45, 7) is 5.54. The van der Waals surface area contributed by atoms with E-state index in [-0.39, 0.29) is 11.9 Å². The molecule has 0 amide bonds. The van der Waals surface area contributed by atoms with E-state index in [1.807, 2.05) is 18.2 Å². The minimum atomic E-state index is 0.0885. The standard InChI is InChI=1S/C13H20BrN3O2/c1-4-17(9(2)8-19-3)11-7-5-6-10(14)12(11)13(15)16-18/h5-7,9,18H,4,8H2,1-3H3,(H2,15,16). The first kappa shape index (κ1) is 15.8. The van der Waals surface area contributed by atoms with Crippen molar-refractivity contribution in [3.05, 3.63) is 28.2 Å². The van der Waals surface area contributed by atoms with E-state index in [0.717, 1.165) is 16.7 Å². The van der Waals surface area contributed by atoms with Crippen molar-refractivity contribution in [2.45, 2.75) is 19.9 Å². The molecule has 3 N–H and O–H groups in total. The molecule has 1 aromatic carbocycles. The van der Waals surface area contributed by atoms with Gasteiger partial charge in [0.05, 0.1) is 12.2 Å². The fourth-order valence-electron chi connectivity index (χ4n) is 2.11. The Morgan fingerprint density at radius 1 is 1.58 bits per heavy atom. The molecule has 1 atom stereocenters. The smallest absolute Gasteiger partial charge is 0.173 e. The Morgan fingerprint density at radius 2 is 2.26 bits per heavy atom. The number of halogens is 1. The number of nitrogens with two attached hydrogens (primary N) is 1. The molecule has 0 spiro atoms. The van der Waals surface area contributed by atoms with E-state index in [0.29, 0.717) is 12.2 Å². The maximum absolute atomic E-state index is 8.93. The minimum Gasteiger partial charge on any atom is -0.409 e. The monoisotopic (exact) mass is 329 g/mol. The molecule has 1 unspecified atom stereocenters. The Balaban J connectivity index is 3.27. The molecule has 0 fully saturated rings. The Kier molecular flexibility index (Phi) is 6.11. The summed E-state index contributed by atoms with van der Waals surface area (Å²) in [5, 5.41) is 12.0. The average Bonchev–Trinajstić information content (AvgIpc) is 2.39. The number of likely N-dealkylation sites (N-methyl/N-ethyl adjacent to an activating group) is 1. The number of ether oxygens (including phenoxy) is 1. The molecule has 0 aromatic heterocycles. The molecule has 19 heavy (non-hydrogen) atoms. The summed E-state index contributed by atoms with van der Waals surface area (Å²) < 4.78 is 6.00. The van der Waals surface area contributed by atoms with Crippen molar-refractivity contribution in [1.29, 1.82) is 0 Å². The summed E-state index contributed by atoms with van der Waals surface area (Å²) in [7, 11) is 1.68. The van der Waals surface area contributed by atoms with Gasteiger partial charge in [-0.15, -0.1) is 0 Å². The molecule has 1 aromatic rings. The van der Waals surface area contributed by atoms with Gasteiger partial charge in [0.2, 0.25) is 0 Å². The van der Waals surface area contributed by atoms with Gasteiger partial charge >= 0.3 is 0 Å². The van der Waals surface area contributed by atoms with E-state index in [1.54, 1.807) is 7.11 Å². The predicted octanol–water partition coefficient (Wildman–Crippen LogP) is 2.40. The van der Waals surface area contributed by atoms with E-state index >= 15 is 0 Å². The first-order valence-electron chi connectivity index (χ1n) is 6.08. The van der Waals surface area contributed by atoms with Crippen LogP contribution in [-0.4, -0.2) is 37.3 Å². The fourth-order valence-corrected chi connectivity index (χ4v) is 2.67. The third kappa shape index (κ3) is 3.61. The summed E-state index contributed by atoms with van der Waals surface area (Å²) in [5.41, 5.74) is 7.38. The van der Waals surface area contributed by atoms with Crippen LogP contribution in [-0.2, 0) is 4.74 Å². The largest absolute Gasteiger partial charge is 0.409 e. The van der Waals surface area contributed by atoms with Gasteiger partial charge in [-0.05, 0) is 41.9 Å². The third-order valence-corrected chi connectivity index (χ3v) is 3.61. The number of nitrogens with zero attached hydrogens (tertiary/aromatic N) is 2. The van der Waals surface area contributed by atoms with Gasteiger partial charge in [-0.25, -0.2) is 0 Å². The molecule has 5 nitrogen and oxygen atoms in total. The Morgan fingerprint density at radius 3 is 2.79 bits per heavy atom. The lowest BCUT2D eigenvalue weighted by molar-refractivity contribution is 0.182. The maximum atomic E-state index is 8.93. The van der Waals surface area contributed by atoms with E-state index in [1.165, 1.54) is 0 Å². The zero-order chi connectivity index (χ0) is 14.4. The molecular formula is C13H20BrN3O2. The molecule has 0 aliphatic carbocycles. The first-order valence-corrected chi connectivity index (χ1v) is 6.88. The molecule has 0 saturated carbocycles. The minimum absolute atomic E-state index is 0.0885. The highest BCUT2D eigenvalue weighted by molar-refractivity contribution is 9.10. The number of rotatable bonds is 6. The summed E-state index contributed by atoms with van der Waals surface area (Å²) in [4.78, 5) is 2.15. The molecule has 106 valence electrons. The number of methoxy groups -OCH3 is 1. The Bertz CT molecular complexity index is 452. The second kappa shape index (κ2) is 7.35. The normalized spacial score (nSPS) is 13.4. The molecule has 0 radical (unpaired) electrons. The highest BCUT2D eigenvalue weighted by Crippen LogP contribution is 2.29. The van der Waals surface area contributed by atoms with Gasteiger partial charge < -0.3 is 20.6 Å². The van der Waals surface area contributed by atoms with Crippen LogP contribution >= 0.6 is 15.9 Å². The molecule has 0 aliphatic rings. The Hall–Kier alpha value is -1.27. The van der Waals surface area contributed by atoms with E-state index in [2.05, 4.69) is 39.8 Å². The highest BCUT2D eigenvalue weighted by Gasteiger charge is 2.19. The second-order valence-electron chi connectivity index (χ2n) is 4.21. The van der Waals surface area contributed by atoms with Gasteiger partial charge in [0.1, 0.15) is 0 Å². The van der Waals surface area contributed by atoms with Gasteiger partial charge in [0.25, 0.3) is 0 Å². The number of benzene rings is 1. The van der Waals surface area contributed by atoms with Crippen LogP contribution in [0.15, 0.2) is 27.8 Å². The Labute approximate surface area is 122 Å². The molecule has 0 heterocycles. The predicted molar refractivity (Wildman–Crippen MR) is 81.0 cm³/mol. The molecule has 1 rings (SSSR count). The second-order valence-corrected chi connectivity index (χ2v) is 5.06. The van der Waals surface area contributed by atoms with Crippen LogP contribution in [0.4, 0.5) is 5.69 Å². The van der Waals surface area contributed by atoms with E-state index in [4.69, 9.17) is 15.7 Å². The van der Waals surface area contributed by atoms with Crippen LogP contribution in [0.2, 0.25) is 0 Å². The van der Waals surface area contributed by atoms with E-state index in [9.17, 15) is 0 Å². The van der Waals surface area contributed by atoms with Gasteiger partial charge in [-0.2, -0.15) is 0 Å². The lowest BCUT2D eigenvalue weighted by atomic mass is 10.1. The van der Waals surface area contributed by atoms with Crippen molar-refractivity contribution >= 4 is 27.5 Å². The van der Waals surface area contributed by atoms with Gasteiger partial charge in [-0.3, -0.25) is 0 Å². The lowest BCUT2D eigenvalue weighted by Crippen LogP contribution is -2.37. The van der Waals surface area contributed by atoms with Crippen LogP contribution in [0.1, 0.15) is 19.4 Å². The zero-order valence-electron chi connectivity index (χ0n) is 11.4. The van der Waals surface area contributed by atoms with Crippen molar-refractivity contribution in [3.8, 4) is 0 Å². The third-order valence-electron chi connectivity index (χ3n) is 2.95. The number of oxime groups is 1. The van der Waals surface area contributed by atoms with Crippen LogP contribution in [0.5, 0.6) is 0 Å². The van der Waals surface area contributed by atoms with Crippen molar-refractivity contribution in [3.63, 3.8) is 0 Å². The lowest BCUT2D eigenvalue weighted by Gasteiger charge is -2.31. The maximum Gasteiger partial charge on any atom is 0.173 e. The number of hydrogen-bond acceptors (Lipinski definition) is 4. The van der Waals surface area contributed by atoms with Crippen LogP contribution in [0.25, 0.3) is 0 Å². The summed E-state index contributed by atoms with van der Waals surface area (Å²) in [5.74, 6) is 0.0885. The van der Waals surface area contributed by atoms with E-state index < -0.39 is 0 Å². The number of hydrogen-bond donors (Lipinski definition) is 2. The van der Waals surface area contributed by atoms with Gasteiger partial charge in [-0.1, -0.05) is 11.2 Å². The van der Waals surface area contributed by atoms with Gasteiger partial charge in [0.15, 0.2) is 5.84 Å². The van der Waals surface area contributed by atoms with Crippen molar-refractivity contribution in [1.82, 2.24) is 0 Å². The topological polar surface area (TPSA) is 71.1 Å². The highest BCUT2D eigenvalue weighted by atomic mass is 79.9. The van der Waals surface area contributed by atoms with Crippen molar-refractivity contribution in [2.75, 3.05) is 25.2 Å². The number of amidine groups is 1. The molecule has 0 saturated heterocycles. The fraction of sp³-hybridized carbons (Fsp3) is 0.462. The van der Waals surface area contributed by atoms with Crippen molar-refractivity contribution < 1.29 is 9.94 Å². The zero-order valence-corrected chi connectivity index (χ0v) is 13.0.